The maximum atomic E-state index is 9.17. The van der Waals surface area contributed by atoms with Gasteiger partial charge in [0, 0.05) is 6.61 Å². The van der Waals surface area contributed by atoms with Crippen LogP contribution in [0.5, 0.6) is 0 Å². The molecule has 3 nitrogen and oxygen atoms in total. The molecule has 0 saturated carbocycles. The highest BCUT2D eigenvalue weighted by molar-refractivity contribution is 4.52. The molecule has 74 valence electrons. The summed E-state index contributed by atoms with van der Waals surface area (Å²) in [7, 11) is 0. The first kappa shape index (κ1) is 11.9. The smallest absolute Gasteiger partial charge is 0.0781 e. The van der Waals surface area contributed by atoms with Crippen LogP contribution >= 0.6 is 0 Å². The zero-order chi connectivity index (χ0) is 9.40. The number of hydrogen-bond acceptors (Lipinski definition) is 3. The fourth-order valence-corrected chi connectivity index (χ4v) is 0.725. The van der Waals surface area contributed by atoms with E-state index in [2.05, 4.69) is 0 Å². The SMILES string of the molecule is CCOCC(C)OCC(O)CC. The summed E-state index contributed by atoms with van der Waals surface area (Å²) in [6.45, 7) is 7.55. The average Bonchev–Trinajstić information content (AvgIpc) is 2.10. The molecule has 0 radical (unpaired) electrons. The van der Waals surface area contributed by atoms with Gasteiger partial charge in [-0.3, -0.25) is 0 Å². The number of ether oxygens (including phenoxy) is 2. The summed E-state index contributed by atoms with van der Waals surface area (Å²) in [5.41, 5.74) is 0. The third kappa shape index (κ3) is 6.58. The first-order valence-corrected chi connectivity index (χ1v) is 4.58. The van der Waals surface area contributed by atoms with Crippen LogP contribution in [0.25, 0.3) is 0 Å². The fourth-order valence-electron chi connectivity index (χ4n) is 0.725. The molecule has 0 aliphatic carbocycles. The lowest BCUT2D eigenvalue weighted by Gasteiger charge is -2.14. The third-order valence-corrected chi connectivity index (χ3v) is 1.60. The van der Waals surface area contributed by atoms with Crippen molar-refractivity contribution in [3.63, 3.8) is 0 Å². The molecule has 0 rings (SSSR count). The molecular formula is C9H20O3. The second-order valence-corrected chi connectivity index (χ2v) is 2.87. The van der Waals surface area contributed by atoms with E-state index in [1.165, 1.54) is 0 Å². The van der Waals surface area contributed by atoms with Crippen molar-refractivity contribution in [2.45, 2.75) is 39.4 Å². The number of rotatable bonds is 7. The molecule has 0 saturated heterocycles. The number of aliphatic hydroxyl groups is 1. The van der Waals surface area contributed by atoms with E-state index >= 15 is 0 Å². The van der Waals surface area contributed by atoms with E-state index in [-0.39, 0.29) is 12.2 Å². The monoisotopic (exact) mass is 176 g/mol. The van der Waals surface area contributed by atoms with Crippen molar-refractivity contribution in [1.82, 2.24) is 0 Å². The van der Waals surface area contributed by atoms with Gasteiger partial charge in [-0.15, -0.1) is 0 Å². The van der Waals surface area contributed by atoms with Gasteiger partial charge in [-0.25, -0.2) is 0 Å². The molecular weight excluding hydrogens is 156 g/mol. The van der Waals surface area contributed by atoms with Crippen LogP contribution in [0.15, 0.2) is 0 Å². The lowest BCUT2D eigenvalue weighted by atomic mass is 10.3. The van der Waals surface area contributed by atoms with Gasteiger partial charge in [-0.2, -0.15) is 0 Å². The fraction of sp³-hybridized carbons (Fsp3) is 1.00. The lowest BCUT2D eigenvalue weighted by molar-refractivity contribution is -0.0392. The Balaban J connectivity index is 3.24. The number of hydrogen-bond donors (Lipinski definition) is 1. The first-order valence-electron chi connectivity index (χ1n) is 4.58. The van der Waals surface area contributed by atoms with Crippen molar-refractivity contribution in [1.29, 1.82) is 0 Å². The second kappa shape index (κ2) is 7.53. The van der Waals surface area contributed by atoms with Crippen LogP contribution in [0.3, 0.4) is 0 Å². The maximum Gasteiger partial charge on any atom is 0.0781 e. The summed E-state index contributed by atoms with van der Waals surface area (Å²) < 4.78 is 10.5. The van der Waals surface area contributed by atoms with E-state index in [4.69, 9.17) is 14.6 Å². The minimum Gasteiger partial charge on any atom is -0.391 e. The molecule has 0 aliphatic rings. The van der Waals surface area contributed by atoms with Gasteiger partial charge in [0.05, 0.1) is 25.4 Å². The third-order valence-electron chi connectivity index (χ3n) is 1.60. The lowest BCUT2D eigenvalue weighted by Crippen LogP contribution is -2.22. The van der Waals surface area contributed by atoms with E-state index in [9.17, 15) is 0 Å². The van der Waals surface area contributed by atoms with Crippen molar-refractivity contribution >= 4 is 0 Å². The molecule has 12 heavy (non-hydrogen) atoms. The van der Waals surface area contributed by atoms with Crippen molar-refractivity contribution in [2.75, 3.05) is 19.8 Å². The zero-order valence-electron chi connectivity index (χ0n) is 8.25. The second-order valence-electron chi connectivity index (χ2n) is 2.87. The van der Waals surface area contributed by atoms with Crippen LogP contribution in [-0.2, 0) is 9.47 Å². The largest absolute Gasteiger partial charge is 0.391 e. The molecule has 0 bridgehead atoms. The predicted molar refractivity (Wildman–Crippen MR) is 48.2 cm³/mol. The van der Waals surface area contributed by atoms with Gasteiger partial charge < -0.3 is 14.6 Å². The van der Waals surface area contributed by atoms with Gasteiger partial charge in [0.2, 0.25) is 0 Å². The summed E-state index contributed by atoms with van der Waals surface area (Å²) in [6, 6.07) is 0. The van der Waals surface area contributed by atoms with Crippen molar-refractivity contribution in [2.24, 2.45) is 0 Å². The summed E-state index contributed by atoms with van der Waals surface area (Å²) in [6.07, 6.45) is 0.474. The molecule has 0 heterocycles. The van der Waals surface area contributed by atoms with Crippen LogP contribution in [-0.4, -0.2) is 37.1 Å². The minimum absolute atomic E-state index is 0.0751. The summed E-state index contributed by atoms with van der Waals surface area (Å²) >= 11 is 0. The molecule has 2 atom stereocenters. The highest BCUT2D eigenvalue weighted by atomic mass is 16.5. The van der Waals surface area contributed by atoms with Crippen LogP contribution in [0.1, 0.15) is 27.2 Å². The Morgan fingerprint density at radius 2 is 1.92 bits per heavy atom. The van der Waals surface area contributed by atoms with Gasteiger partial charge in [-0.05, 0) is 20.3 Å². The average molecular weight is 176 g/mol. The molecule has 2 unspecified atom stereocenters. The molecule has 1 N–H and O–H groups in total. The van der Waals surface area contributed by atoms with Gasteiger partial charge in [-0.1, -0.05) is 6.92 Å². The maximum absolute atomic E-state index is 9.17. The summed E-state index contributed by atoms with van der Waals surface area (Å²) in [5.74, 6) is 0. The highest BCUT2D eigenvalue weighted by Gasteiger charge is 2.05. The quantitative estimate of drug-likeness (QED) is 0.633. The normalized spacial score (nSPS) is 16.0. The topological polar surface area (TPSA) is 38.7 Å². The molecule has 0 fully saturated rings. The highest BCUT2D eigenvalue weighted by Crippen LogP contribution is 1.96. The predicted octanol–water partition coefficient (Wildman–Crippen LogP) is 1.20. The number of aliphatic hydroxyl groups excluding tert-OH is 1. The van der Waals surface area contributed by atoms with Gasteiger partial charge in [0.15, 0.2) is 0 Å². The van der Waals surface area contributed by atoms with Crippen LogP contribution in [0.4, 0.5) is 0 Å². The summed E-state index contributed by atoms with van der Waals surface area (Å²) in [4.78, 5) is 0. The van der Waals surface area contributed by atoms with Crippen molar-refractivity contribution in [3.8, 4) is 0 Å². The molecule has 0 aromatic heterocycles. The van der Waals surface area contributed by atoms with E-state index in [0.29, 0.717) is 19.8 Å². The summed E-state index contributed by atoms with van der Waals surface area (Å²) in [5, 5.41) is 9.17. The van der Waals surface area contributed by atoms with Crippen molar-refractivity contribution in [3.05, 3.63) is 0 Å². The minimum atomic E-state index is -0.339. The molecule has 0 aromatic carbocycles. The van der Waals surface area contributed by atoms with E-state index < -0.39 is 0 Å². The molecule has 0 aromatic rings. The van der Waals surface area contributed by atoms with E-state index in [1.54, 1.807) is 0 Å². The van der Waals surface area contributed by atoms with Gasteiger partial charge in [0.1, 0.15) is 0 Å². The van der Waals surface area contributed by atoms with Crippen molar-refractivity contribution < 1.29 is 14.6 Å². The Bertz CT molecular complexity index is 95.8. The molecule has 0 aliphatic heterocycles. The first-order chi connectivity index (χ1) is 5.70. The van der Waals surface area contributed by atoms with Crippen LogP contribution in [0, 0.1) is 0 Å². The Hall–Kier alpha value is -0.120. The Morgan fingerprint density at radius 3 is 2.42 bits per heavy atom. The van der Waals surface area contributed by atoms with E-state index in [1.807, 2.05) is 20.8 Å². The Morgan fingerprint density at radius 1 is 1.25 bits per heavy atom. The van der Waals surface area contributed by atoms with Gasteiger partial charge in [0.25, 0.3) is 0 Å². The molecule has 0 spiro atoms. The van der Waals surface area contributed by atoms with Crippen LogP contribution in [0.2, 0.25) is 0 Å². The van der Waals surface area contributed by atoms with Crippen LogP contribution < -0.4 is 0 Å². The van der Waals surface area contributed by atoms with E-state index in [0.717, 1.165) is 6.42 Å². The molecule has 3 heteroatoms. The Kier molecular flexibility index (Phi) is 7.45. The van der Waals surface area contributed by atoms with Gasteiger partial charge >= 0.3 is 0 Å². The standard InChI is InChI=1S/C9H20O3/c1-4-9(10)7-12-8(3)6-11-5-2/h8-10H,4-7H2,1-3H3. The Labute approximate surface area is 74.7 Å². The molecule has 0 amide bonds. The zero-order valence-corrected chi connectivity index (χ0v) is 8.25.